The summed E-state index contributed by atoms with van der Waals surface area (Å²) in [4.78, 5) is 1.07. The molecule has 2 nitrogen and oxygen atoms in total. The fourth-order valence-corrected chi connectivity index (χ4v) is 2.03. The highest BCUT2D eigenvalue weighted by molar-refractivity contribution is 7.99. The van der Waals surface area contributed by atoms with Gasteiger partial charge in [0.25, 0.3) is 0 Å². The van der Waals surface area contributed by atoms with E-state index >= 15 is 0 Å². The average Bonchev–Trinajstić information content (AvgIpc) is 2.59. The van der Waals surface area contributed by atoms with Gasteiger partial charge in [-0.05, 0) is 23.7 Å². The molecule has 1 heterocycles. The van der Waals surface area contributed by atoms with Crippen LogP contribution in [0.1, 0.15) is 0 Å². The van der Waals surface area contributed by atoms with Crippen molar-refractivity contribution in [3.05, 3.63) is 35.7 Å². The Labute approximate surface area is 78.8 Å². The number of nitrogens with zero attached hydrogens (tertiary/aromatic N) is 2. The van der Waals surface area contributed by atoms with Gasteiger partial charge in [0.1, 0.15) is 5.03 Å². The van der Waals surface area contributed by atoms with Crippen molar-refractivity contribution in [2.24, 2.45) is 0 Å². The van der Waals surface area contributed by atoms with Crippen LogP contribution in [0.25, 0.3) is 0 Å². The van der Waals surface area contributed by atoms with Gasteiger partial charge >= 0.3 is 0 Å². The lowest BCUT2D eigenvalue weighted by molar-refractivity contribution is 1.03. The van der Waals surface area contributed by atoms with E-state index in [1.54, 1.807) is 11.8 Å². The summed E-state index contributed by atoms with van der Waals surface area (Å²) in [5.74, 6) is 0. The summed E-state index contributed by atoms with van der Waals surface area (Å²) in [5, 5.41) is 6.78. The van der Waals surface area contributed by atoms with Gasteiger partial charge in [0, 0.05) is 10.3 Å². The van der Waals surface area contributed by atoms with E-state index in [-0.39, 0.29) is 0 Å². The predicted molar refractivity (Wildman–Crippen MR) is 49.3 cm³/mol. The van der Waals surface area contributed by atoms with Crippen molar-refractivity contribution < 1.29 is 0 Å². The molecular weight excluding hydrogens is 188 g/mol. The molecule has 0 bridgehead atoms. The molecule has 2 aromatic rings. The van der Waals surface area contributed by atoms with E-state index in [0.29, 0.717) is 0 Å². The molecule has 59 valence electrons. The first-order valence-corrected chi connectivity index (χ1v) is 5.02. The molecule has 2 rings (SSSR count). The first-order chi connectivity index (χ1) is 5.95. The van der Waals surface area contributed by atoms with Crippen LogP contribution in [0.3, 0.4) is 0 Å². The van der Waals surface area contributed by atoms with E-state index in [1.807, 2.05) is 29.6 Å². The summed E-state index contributed by atoms with van der Waals surface area (Å²) in [5.41, 5.74) is 0. The molecular formula is C8H5N2S2. The van der Waals surface area contributed by atoms with Crippen LogP contribution in [-0.4, -0.2) is 9.59 Å². The van der Waals surface area contributed by atoms with Gasteiger partial charge in [0.15, 0.2) is 0 Å². The third kappa shape index (κ3) is 1.84. The zero-order chi connectivity index (χ0) is 8.23. The number of rotatable bonds is 2. The summed E-state index contributed by atoms with van der Waals surface area (Å²) < 4.78 is 3.78. The Kier molecular flexibility index (Phi) is 2.39. The maximum absolute atomic E-state index is 3.92. The Bertz CT molecular complexity index is 331. The molecule has 0 unspecified atom stereocenters. The Hall–Kier alpha value is -0.870. The maximum atomic E-state index is 3.92. The van der Waals surface area contributed by atoms with E-state index in [2.05, 4.69) is 15.7 Å². The fraction of sp³-hybridized carbons (Fsp3) is 0. The zero-order valence-corrected chi connectivity index (χ0v) is 7.73. The van der Waals surface area contributed by atoms with Crippen LogP contribution in [0.4, 0.5) is 0 Å². The molecule has 1 aromatic heterocycles. The Morgan fingerprint density at radius 3 is 3.08 bits per heavy atom. The molecule has 1 aromatic carbocycles. The van der Waals surface area contributed by atoms with Crippen molar-refractivity contribution in [3.63, 3.8) is 0 Å². The van der Waals surface area contributed by atoms with E-state index < -0.39 is 0 Å². The third-order valence-electron chi connectivity index (χ3n) is 1.24. The lowest BCUT2D eigenvalue weighted by Gasteiger charge is -1.93. The molecule has 12 heavy (non-hydrogen) atoms. The van der Waals surface area contributed by atoms with Crippen molar-refractivity contribution in [3.8, 4) is 0 Å². The van der Waals surface area contributed by atoms with Crippen molar-refractivity contribution in [1.29, 1.82) is 0 Å². The minimum Gasteiger partial charge on any atom is -0.131 e. The van der Waals surface area contributed by atoms with E-state index in [0.717, 1.165) is 9.92 Å². The first kappa shape index (κ1) is 7.76. The van der Waals surface area contributed by atoms with Crippen molar-refractivity contribution in [2.75, 3.05) is 0 Å². The number of hydrogen-bond acceptors (Lipinski definition) is 4. The van der Waals surface area contributed by atoms with Crippen LogP contribution in [0.2, 0.25) is 0 Å². The molecule has 0 saturated carbocycles. The average molecular weight is 193 g/mol. The van der Waals surface area contributed by atoms with Gasteiger partial charge in [-0.25, -0.2) is 0 Å². The van der Waals surface area contributed by atoms with Crippen LogP contribution >= 0.6 is 23.3 Å². The SMILES string of the molecule is [c]1ccccc1Sc1csnn1. The van der Waals surface area contributed by atoms with Crippen molar-refractivity contribution >= 4 is 23.3 Å². The van der Waals surface area contributed by atoms with Crippen LogP contribution in [0.15, 0.2) is 39.6 Å². The molecule has 0 aliphatic heterocycles. The van der Waals surface area contributed by atoms with Crippen LogP contribution in [0, 0.1) is 6.07 Å². The van der Waals surface area contributed by atoms with Crippen LogP contribution in [0.5, 0.6) is 0 Å². The van der Waals surface area contributed by atoms with Gasteiger partial charge in [-0.3, -0.25) is 0 Å². The minimum absolute atomic E-state index is 0.933. The molecule has 0 atom stereocenters. The summed E-state index contributed by atoms with van der Waals surface area (Å²) in [7, 11) is 0. The zero-order valence-electron chi connectivity index (χ0n) is 6.10. The molecule has 0 aliphatic carbocycles. The number of hydrogen-bond donors (Lipinski definition) is 0. The summed E-state index contributed by atoms with van der Waals surface area (Å²) >= 11 is 2.94. The van der Waals surface area contributed by atoms with Crippen molar-refractivity contribution in [1.82, 2.24) is 9.59 Å². The lowest BCUT2D eigenvalue weighted by atomic mass is 10.4. The summed E-state index contributed by atoms with van der Waals surface area (Å²) in [6.07, 6.45) is 0. The van der Waals surface area contributed by atoms with Crippen LogP contribution < -0.4 is 0 Å². The topological polar surface area (TPSA) is 25.8 Å². The van der Waals surface area contributed by atoms with E-state index in [1.165, 1.54) is 11.5 Å². The molecule has 0 saturated heterocycles. The molecule has 0 fully saturated rings. The Morgan fingerprint density at radius 2 is 2.42 bits per heavy atom. The predicted octanol–water partition coefficient (Wildman–Crippen LogP) is 2.49. The van der Waals surface area contributed by atoms with E-state index in [4.69, 9.17) is 0 Å². The monoisotopic (exact) mass is 193 g/mol. The number of aromatic nitrogens is 2. The molecule has 4 heteroatoms. The lowest BCUT2D eigenvalue weighted by Crippen LogP contribution is -1.72. The van der Waals surface area contributed by atoms with Crippen LogP contribution in [-0.2, 0) is 0 Å². The molecule has 0 spiro atoms. The van der Waals surface area contributed by atoms with Gasteiger partial charge in [-0.1, -0.05) is 34.4 Å². The second-order valence-corrected chi connectivity index (χ2v) is 3.74. The van der Waals surface area contributed by atoms with Gasteiger partial charge < -0.3 is 0 Å². The quantitative estimate of drug-likeness (QED) is 0.732. The van der Waals surface area contributed by atoms with Gasteiger partial charge in [0.05, 0.1) is 0 Å². The Morgan fingerprint density at radius 1 is 1.42 bits per heavy atom. The Balaban J connectivity index is 2.15. The second kappa shape index (κ2) is 3.69. The number of benzene rings is 1. The maximum Gasteiger partial charge on any atom is 0.136 e. The van der Waals surface area contributed by atoms with Gasteiger partial charge in [-0.2, -0.15) is 0 Å². The minimum atomic E-state index is 0.933. The molecule has 0 N–H and O–H groups in total. The fourth-order valence-electron chi connectivity index (χ4n) is 0.754. The van der Waals surface area contributed by atoms with Crippen molar-refractivity contribution in [2.45, 2.75) is 9.92 Å². The van der Waals surface area contributed by atoms with E-state index in [9.17, 15) is 0 Å². The summed E-state index contributed by atoms with van der Waals surface area (Å²) in [6, 6.07) is 10.9. The van der Waals surface area contributed by atoms with Gasteiger partial charge in [-0.15, -0.1) is 5.10 Å². The summed E-state index contributed by atoms with van der Waals surface area (Å²) in [6.45, 7) is 0. The smallest absolute Gasteiger partial charge is 0.131 e. The molecule has 0 aliphatic rings. The first-order valence-electron chi connectivity index (χ1n) is 3.37. The highest BCUT2D eigenvalue weighted by atomic mass is 32.2. The molecule has 1 radical (unpaired) electrons. The third-order valence-corrected chi connectivity index (χ3v) is 2.77. The normalized spacial score (nSPS) is 10.0. The van der Waals surface area contributed by atoms with Gasteiger partial charge in [0.2, 0.25) is 0 Å². The highest BCUT2D eigenvalue weighted by Crippen LogP contribution is 2.24. The molecule has 0 amide bonds. The standard InChI is InChI=1S/C8H5N2S2/c1-2-4-7(5-3-1)12-8-6-11-10-9-8/h1-4,6H. The highest BCUT2D eigenvalue weighted by Gasteiger charge is 1.98. The largest absolute Gasteiger partial charge is 0.136 e. The second-order valence-electron chi connectivity index (χ2n) is 2.07.